The Labute approximate surface area is 127 Å². The molecular weight excluding hydrogens is 292 g/mol. The normalized spacial score (nSPS) is 14.3. The van der Waals surface area contributed by atoms with E-state index in [2.05, 4.69) is 11.7 Å². The van der Waals surface area contributed by atoms with Crippen LogP contribution in [0, 0.1) is 5.41 Å². The predicted molar refractivity (Wildman–Crippen MR) is 83.5 cm³/mol. The van der Waals surface area contributed by atoms with Gasteiger partial charge in [0.25, 0.3) is 5.91 Å². The van der Waals surface area contributed by atoms with E-state index in [-0.39, 0.29) is 23.0 Å². The summed E-state index contributed by atoms with van der Waals surface area (Å²) in [6, 6.07) is 4.99. The van der Waals surface area contributed by atoms with Gasteiger partial charge in [0.15, 0.2) is 11.5 Å². The van der Waals surface area contributed by atoms with Crippen LogP contribution in [-0.4, -0.2) is 43.6 Å². The van der Waals surface area contributed by atoms with E-state index in [0.29, 0.717) is 16.5 Å². The van der Waals surface area contributed by atoms with E-state index in [9.17, 15) is 4.79 Å². The Morgan fingerprint density at radius 1 is 1.48 bits per heavy atom. The number of halogens is 1. The maximum Gasteiger partial charge on any atom is 0.274 e. The number of hydrogen-bond acceptors (Lipinski definition) is 4. The molecular formula is C14H15ClN4O2. The number of nitrogens with one attached hydrogen (secondary N) is 1. The molecule has 0 bridgehead atoms. The van der Waals surface area contributed by atoms with E-state index in [1.807, 2.05) is 0 Å². The Bertz CT molecular complexity index is 667. The second kappa shape index (κ2) is 5.57. The lowest BCUT2D eigenvalue weighted by Gasteiger charge is -2.15. The molecule has 1 aliphatic heterocycles. The number of rotatable bonds is 3. The fourth-order valence-corrected chi connectivity index (χ4v) is 2.00. The average Bonchev–Trinajstić information content (AvgIpc) is 2.75. The molecule has 0 atom stereocenters. The maximum absolute atomic E-state index is 12.0. The SMILES string of the molecule is C=C1C(=N)N(c2ccc(Cl)c(OC)c2)N=C1C(=O)N(C)C. The number of hydrogen-bond donors (Lipinski definition) is 1. The number of nitrogens with zero attached hydrogens (tertiary/aromatic N) is 3. The Morgan fingerprint density at radius 2 is 2.14 bits per heavy atom. The van der Waals surface area contributed by atoms with Crippen molar-refractivity contribution in [3.8, 4) is 5.75 Å². The first-order chi connectivity index (χ1) is 9.86. The zero-order valence-corrected chi connectivity index (χ0v) is 12.7. The van der Waals surface area contributed by atoms with Crippen LogP contribution >= 0.6 is 11.6 Å². The lowest BCUT2D eigenvalue weighted by Crippen LogP contribution is -2.30. The molecule has 1 aliphatic rings. The van der Waals surface area contributed by atoms with Crippen LogP contribution in [0.3, 0.4) is 0 Å². The Kier molecular flexibility index (Phi) is 3.99. The van der Waals surface area contributed by atoms with Gasteiger partial charge in [-0.3, -0.25) is 10.2 Å². The lowest BCUT2D eigenvalue weighted by atomic mass is 10.1. The van der Waals surface area contributed by atoms with Crippen molar-refractivity contribution in [2.45, 2.75) is 0 Å². The Morgan fingerprint density at radius 3 is 2.71 bits per heavy atom. The third kappa shape index (κ3) is 2.62. The lowest BCUT2D eigenvalue weighted by molar-refractivity contribution is -0.121. The number of carbonyl (C=O) groups excluding carboxylic acids is 1. The van der Waals surface area contributed by atoms with Crippen molar-refractivity contribution in [3.63, 3.8) is 0 Å². The van der Waals surface area contributed by atoms with Gasteiger partial charge in [-0.1, -0.05) is 18.2 Å². The van der Waals surface area contributed by atoms with Gasteiger partial charge < -0.3 is 9.64 Å². The summed E-state index contributed by atoms with van der Waals surface area (Å²) in [5, 5.41) is 14.0. The molecule has 0 aliphatic carbocycles. The van der Waals surface area contributed by atoms with E-state index in [0.717, 1.165) is 0 Å². The fourth-order valence-electron chi connectivity index (χ4n) is 1.80. The maximum atomic E-state index is 12.0. The van der Waals surface area contributed by atoms with Crippen molar-refractivity contribution in [3.05, 3.63) is 35.4 Å². The van der Waals surface area contributed by atoms with Crippen LogP contribution in [0.25, 0.3) is 0 Å². The molecule has 7 heteroatoms. The molecule has 110 valence electrons. The van der Waals surface area contributed by atoms with Crippen molar-refractivity contribution in [2.75, 3.05) is 26.2 Å². The minimum absolute atomic E-state index is 0.0459. The van der Waals surface area contributed by atoms with Crippen LogP contribution in [0.2, 0.25) is 5.02 Å². The molecule has 0 unspecified atom stereocenters. The molecule has 21 heavy (non-hydrogen) atoms. The molecule has 1 aromatic rings. The van der Waals surface area contributed by atoms with Crippen LogP contribution < -0.4 is 9.75 Å². The monoisotopic (exact) mass is 306 g/mol. The number of amidine groups is 1. The first kappa shape index (κ1) is 15.1. The average molecular weight is 307 g/mol. The molecule has 0 radical (unpaired) electrons. The van der Waals surface area contributed by atoms with Gasteiger partial charge in [0.05, 0.1) is 17.8 Å². The third-order valence-corrected chi connectivity index (χ3v) is 3.28. The molecule has 1 aromatic carbocycles. The number of benzene rings is 1. The van der Waals surface area contributed by atoms with Crippen molar-refractivity contribution in [2.24, 2.45) is 5.10 Å². The van der Waals surface area contributed by atoms with E-state index in [1.54, 1.807) is 32.3 Å². The van der Waals surface area contributed by atoms with Crippen molar-refractivity contribution >= 4 is 34.7 Å². The summed E-state index contributed by atoms with van der Waals surface area (Å²) < 4.78 is 5.14. The van der Waals surface area contributed by atoms with Crippen molar-refractivity contribution < 1.29 is 9.53 Å². The number of anilines is 1. The first-order valence-electron chi connectivity index (χ1n) is 6.09. The number of hydrazone groups is 1. The molecule has 0 spiro atoms. The quantitative estimate of drug-likeness (QED) is 0.930. The summed E-state index contributed by atoms with van der Waals surface area (Å²) >= 11 is 5.98. The zero-order valence-electron chi connectivity index (χ0n) is 12.0. The van der Waals surface area contributed by atoms with E-state index >= 15 is 0 Å². The van der Waals surface area contributed by atoms with Gasteiger partial charge >= 0.3 is 0 Å². The van der Waals surface area contributed by atoms with Gasteiger partial charge in [0.2, 0.25) is 0 Å². The molecule has 0 aromatic heterocycles. The Balaban J connectivity index is 2.43. The second-order valence-corrected chi connectivity index (χ2v) is 5.01. The van der Waals surface area contributed by atoms with Crippen molar-refractivity contribution in [1.82, 2.24) is 4.90 Å². The number of amides is 1. The van der Waals surface area contributed by atoms with Gasteiger partial charge in [0.1, 0.15) is 5.75 Å². The van der Waals surface area contributed by atoms with Gasteiger partial charge in [0, 0.05) is 25.7 Å². The van der Waals surface area contributed by atoms with E-state index in [1.165, 1.54) is 17.0 Å². The highest BCUT2D eigenvalue weighted by molar-refractivity contribution is 6.54. The molecule has 0 fully saturated rings. The second-order valence-electron chi connectivity index (χ2n) is 4.61. The summed E-state index contributed by atoms with van der Waals surface area (Å²) in [7, 11) is 4.74. The molecule has 2 rings (SSSR count). The summed E-state index contributed by atoms with van der Waals surface area (Å²) in [5.74, 6) is 0.216. The van der Waals surface area contributed by atoms with Crippen LogP contribution in [0.5, 0.6) is 5.75 Å². The van der Waals surface area contributed by atoms with Gasteiger partial charge in [-0.2, -0.15) is 5.10 Å². The van der Waals surface area contributed by atoms with Crippen LogP contribution in [0.1, 0.15) is 0 Å². The first-order valence-corrected chi connectivity index (χ1v) is 6.46. The zero-order chi connectivity index (χ0) is 15.7. The summed E-state index contributed by atoms with van der Waals surface area (Å²) in [6.07, 6.45) is 0. The molecule has 1 amide bonds. The number of methoxy groups -OCH3 is 1. The minimum atomic E-state index is -0.298. The van der Waals surface area contributed by atoms with E-state index < -0.39 is 0 Å². The van der Waals surface area contributed by atoms with Gasteiger partial charge in [-0.15, -0.1) is 0 Å². The van der Waals surface area contributed by atoms with Crippen LogP contribution in [-0.2, 0) is 4.79 Å². The summed E-state index contributed by atoms with van der Waals surface area (Å²) in [5.41, 5.74) is 1.01. The fraction of sp³-hybridized carbons (Fsp3) is 0.214. The molecule has 0 saturated heterocycles. The predicted octanol–water partition coefficient (Wildman–Crippen LogP) is 2.15. The topological polar surface area (TPSA) is 69.0 Å². The minimum Gasteiger partial charge on any atom is -0.495 e. The summed E-state index contributed by atoms with van der Waals surface area (Å²) in [4.78, 5) is 13.4. The van der Waals surface area contributed by atoms with Gasteiger partial charge in [-0.25, -0.2) is 5.01 Å². The molecule has 0 saturated carbocycles. The molecule has 1 N–H and O–H groups in total. The third-order valence-electron chi connectivity index (χ3n) is 2.97. The van der Waals surface area contributed by atoms with Crippen LogP contribution in [0.15, 0.2) is 35.5 Å². The smallest absolute Gasteiger partial charge is 0.274 e. The molecule has 1 heterocycles. The highest BCUT2D eigenvalue weighted by atomic mass is 35.5. The molecule has 6 nitrogen and oxygen atoms in total. The highest BCUT2D eigenvalue weighted by Gasteiger charge is 2.31. The number of ether oxygens (including phenoxy) is 1. The van der Waals surface area contributed by atoms with Gasteiger partial charge in [-0.05, 0) is 12.1 Å². The van der Waals surface area contributed by atoms with E-state index in [4.69, 9.17) is 21.7 Å². The largest absolute Gasteiger partial charge is 0.495 e. The van der Waals surface area contributed by atoms with Crippen molar-refractivity contribution in [1.29, 1.82) is 5.41 Å². The summed E-state index contributed by atoms with van der Waals surface area (Å²) in [6.45, 7) is 3.75. The Hall–Kier alpha value is -2.34. The van der Waals surface area contributed by atoms with Crippen LogP contribution in [0.4, 0.5) is 5.69 Å². The standard InChI is InChI=1S/C14H15ClN4O2/c1-8-12(14(20)18(2)3)17-19(13(8)16)9-5-6-10(15)11(7-9)21-4/h5-7,16H,1H2,2-4H3. The number of carbonyl (C=O) groups is 1. The highest BCUT2D eigenvalue weighted by Crippen LogP contribution is 2.31.